The molecule has 34 heteroatoms. The van der Waals surface area contributed by atoms with E-state index in [1.807, 2.05) is 65.1 Å². The number of benzene rings is 6. The molecule has 0 unspecified atom stereocenters. The number of cyclic esters (lactones) is 3. The van der Waals surface area contributed by atoms with Gasteiger partial charge in [0.2, 0.25) is 11.8 Å². The molecule has 7 amide bonds. The van der Waals surface area contributed by atoms with Gasteiger partial charge in [-0.15, -0.1) is 0 Å². The van der Waals surface area contributed by atoms with E-state index < -0.39 is 70.2 Å². The molecule has 5 saturated heterocycles. The molecule has 6 aliphatic heterocycles. The molecule has 24 nitrogen and oxygen atoms in total. The molecule has 0 spiro atoms. The number of aliphatic hydroxyl groups is 2. The van der Waals surface area contributed by atoms with E-state index in [2.05, 4.69) is 9.50 Å². The number of amides is 7. The molecule has 5 fully saturated rings. The molecule has 0 saturated carbocycles. The number of nitrogen functional groups attached to an aromatic ring is 1. The number of hydrogen-bond donors (Lipinski definition) is 3. The van der Waals surface area contributed by atoms with Crippen LogP contribution in [0.5, 0.6) is 0 Å². The molecule has 0 aromatic heterocycles. The fourth-order valence-electron chi connectivity index (χ4n) is 7.98. The van der Waals surface area contributed by atoms with Crippen LogP contribution in [0.15, 0.2) is 133 Å². The van der Waals surface area contributed by atoms with Gasteiger partial charge < -0.3 is 54.5 Å². The number of nitrogens with zero attached hydrogens (tertiary/aromatic N) is 5. The number of epoxide rings is 1. The van der Waals surface area contributed by atoms with Crippen molar-refractivity contribution in [3.05, 3.63) is 192 Å². The predicted octanol–water partition coefficient (Wildman–Crippen LogP) is 10.3. The second-order valence-corrected chi connectivity index (χ2v) is 25.4. The molecule has 6 aromatic rings. The Morgan fingerprint density at radius 2 is 1.01 bits per heavy atom. The molecular formula is C67H79F5I3KN6O18S. The molecule has 6 aliphatic rings. The smallest absolute Gasteiger partial charge is 0.587 e. The fraction of sp³-hybridized carbons (Fsp3) is 0.343. The van der Waals surface area contributed by atoms with Crippen LogP contribution in [0, 0.1) is 43.2 Å². The zero-order chi connectivity index (χ0) is 70.8. The molecule has 6 aromatic carbocycles. The van der Waals surface area contributed by atoms with Crippen LogP contribution in [0.25, 0.3) is 5.32 Å². The first-order valence-electron chi connectivity index (χ1n) is 28.6. The topological polar surface area (TPSA) is 323 Å². The summed E-state index contributed by atoms with van der Waals surface area (Å²) in [5.41, 5.74) is 8.71. The Bertz CT molecular complexity index is 3710. The summed E-state index contributed by atoms with van der Waals surface area (Å²) in [7, 11) is -3.59. The maximum Gasteiger partial charge on any atom is 1.00 e. The Kier molecular flexibility index (Phi) is 44.5. The summed E-state index contributed by atoms with van der Waals surface area (Å²) in [6.45, 7) is 4.90. The maximum atomic E-state index is 13.5. The zero-order valence-corrected chi connectivity index (χ0v) is 62.6. The Balaban J connectivity index is 0.00000115. The van der Waals surface area contributed by atoms with Crippen LogP contribution >= 0.6 is 68.0 Å². The van der Waals surface area contributed by atoms with Gasteiger partial charge in [-0.3, -0.25) is 33.3 Å². The summed E-state index contributed by atoms with van der Waals surface area (Å²) in [6.07, 6.45) is -0.278. The Morgan fingerprint density at radius 3 is 1.35 bits per heavy atom. The number of carbonyl (C=O) groups is 8. The maximum absolute atomic E-state index is 13.5. The van der Waals surface area contributed by atoms with Gasteiger partial charge in [0.25, 0.3) is 10.1 Å². The quantitative estimate of drug-likeness (QED) is 0.00979. The SMILES string of the molecule is C.C.C.C.CCCC(=O)OC[C@H]1CO1.CS(=O)(=O)OC[C@H]1CN(c2ccc(I)c(F)c2)C(=O)O1.Cc1cccc(F)c1.Nc1cccc(F)c1.O=C1CCC(=O)N1I.O=C1O[C@@H](CO)CN1c1ccc(I)c(F)c1.O=C1O[C@@H](CO)CN1c1cccc(F)c1.O=C1[N-]C(=O)c2ccccc21.[K+]. The standard InChI is InChI=1S/C11H11FINO5S.C10H9FINO3.C10H10FNO3.C8H5NO2.C7H7F.C7H12O3.C6H6FN.C4H4INO2.4CH4.K/c1-20(16,17)18-6-8-5-14(11(15)19-8)7-2-3-10(13)9(12)4-7;11-8-3-6(1-2-9(8)12)13-4-7(5-14)16-10(13)15;11-7-2-1-3-8(4-7)12-5-9(6-13)15-10(12)14;10-7-5-3-1-2-4-6(5)8(11)9-7;1-6-3-2-4-7(8)5-6;1-2-3-7(8)10-5-6-4-9-6;7-5-2-1-3-6(8)4-5;5-6-3(7)1-2-4(6)8;;;;;/h2-4,8H,5-6H2,1H3;1-3,7,14H,4-5H2;1-4,9,13H,5-6H2;1-4H,(H,9,10,11);2-5H,1H3;6H,2-5H2,1H3;1-4H,8H2;1-2H2;4*1H4;/q;;;;;;;;;;;;+1/p-1/t8-;7-;9-;;;6-;;;;;;;/m111..1......./s1. The zero-order valence-electron chi connectivity index (χ0n) is 52.2. The Hall–Kier alpha value is -6.05. The Morgan fingerprint density at radius 1 is 0.594 bits per heavy atom. The first kappa shape index (κ1) is 94.9. The molecule has 12 rings (SSSR count). The van der Waals surface area contributed by atoms with Crippen molar-refractivity contribution >= 4 is 149 Å². The van der Waals surface area contributed by atoms with Gasteiger partial charge in [-0.05, 0) is 149 Å². The van der Waals surface area contributed by atoms with Gasteiger partial charge in [-0.1, -0.05) is 85.2 Å². The minimum absolute atomic E-state index is 0. The van der Waals surface area contributed by atoms with Crippen LogP contribution in [-0.2, 0) is 52.4 Å². The van der Waals surface area contributed by atoms with E-state index in [1.54, 1.807) is 95.7 Å². The second kappa shape index (κ2) is 47.3. The third-order valence-corrected chi connectivity index (χ3v) is 16.1. The van der Waals surface area contributed by atoms with Crippen LogP contribution in [0.2, 0.25) is 0 Å². The number of imide groups is 2. The number of halogens is 8. The molecule has 548 valence electrons. The van der Waals surface area contributed by atoms with Crippen LogP contribution in [0.4, 0.5) is 59.1 Å². The third kappa shape index (κ3) is 33.1. The first-order chi connectivity index (χ1) is 45.5. The van der Waals surface area contributed by atoms with E-state index in [4.69, 9.17) is 39.6 Å². The van der Waals surface area contributed by atoms with E-state index in [-0.39, 0.29) is 162 Å². The largest absolute Gasteiger partial charge is 1.00 e. The number of aliphatic hydroxyl groups excluding tert-OH is 2. The third-order valence-electron chi connectivity index (χ3n) is 12.7. The van der Waals surface area contributed by atoms with Crippen molar-refractivity contribution in [2.75, 3.05) is 79.4 Å². The summed E-state index contributed by atoms with van der Waals surface area (Å²) < 4.78 is 117. The molecule has 6 heterocycles. The minimum atomic E-state index is -3.59. The Labute approximate surface area is 667 Å². The van der Waals surface area contributed by atoms with E-state index in [9.17, 15) is 68.7 Å². The summed E-state index contributed by atoms with van der Waals surface area (Å²) in [5, 5.41) is 21.0. The van der Waals surface area contributed by atoms with Crippen molar-refractivity contribution in [3.8, 4) is 0 Å². The molecule has 4 atom stereocenters. The van der Waals surface area contributed by atoms with E-state index in [0.717, 1.165) is 28.0 Å². The molecule has 0 aliphatic carbocycles. The summed E-state index contributed by atoms with van der Waals surface area (Å²) in [4.78, 5) is 91.7. The number of fused-ring (bicyclic) bond motifs is 1. The predicted molar refractivity (Wildman–Crippen MR) is 390 cm³/mol. The molecule has 4 N–H and O–H groups in total. The number of esters is 1. The van der Waals surface area contributed by atoms with Gasteiger partial charge in [0, 0.05) is 43.2 Å². The number of rotatable bonds is 12. The first-order valence-corrected chi connectivity index (χ1v) is 33.5. The summed E-state index contributed by atoms with van der Waals surface area (Å²) >= 11 is 5.43. The van der Waals surface area contributed by atoms with Crippen LogP contribution in [0.3, 0.4) is 0 Å². The molecule has 101 heavy (non-hydrogen) atoms. The molecular weight excluding hydrogens is 1720 g/mol. The average molecular weight is 1800 g/mol. The van der Waals surface area contributed by atoms with E-state index in [0.29, 0.717) is 66.9 Å². The van der Waals surface area contributed by atoms with Crippen molar-refractivity contribution in [1.82, 2.24) is 3.11 Å². The van der Waals surface area contributed by atoms with Crippen LogP contribution in [-0.4, -0.2) is 153 Å². The molecule has 0 bridgehead atoms. The van der Waals surface area contributed by atoms with Gasteiger partial charge in [0.1, 0.15) is 66.7 Å². The van der Waals surface area contributed by atoms with Gasteiger partial charge in [-0.25, -0.2) is 39.4 Å². The number of aryl methyl sites for hydroxylation is 1. The normalized spacial score (nSPS) is 16.9. The van der Waals surface area contributed by atoms with Gasteiger partial charge in [0.15, 0.2) is 0 Å². The number of nitrogens with two attached hydrogens (primary N) is 1. The van der Waals surface area contributed by atoms with E-state index in [1.165, 1.54) is 69.3 Å². The van der Waals surface area contributed by atoms with Gasteiger partial charge in [-0.2, -0.15) is 8.42 Å². The van der Waals surface area contributed by atoms with Crippen molar-refractivity contribution in [2.45, 2.75) is 93.7 Å². The number of hydrogen-bond acceptors (Lipinski definition) is 19. The van der Waals surface area contributed by atoms with Crippen molar-refractivity contribution in [2.24, 2.45) is 0 Å². The summed E-state index contributed by atoms with van der Waals surface area (Å²) in [6, 6.07) is 33.5. The number of carbonyl (C=O) groups excluding carboxylic acids is 8. The minimum Gasteiger partial charge on any atom is -0.587 e. The van der Waals surface area contributed by atoms with Gasteiger partial charge >= 0.3 is 75.6 Å². The van der Waals surface area contributed by atoms with E-state index >= 15 is 0 Å². The van der Waals surface area contributed by atoms with Crippen molar-refractivity contribution in [1.29, 1.82) is 0 Å². The number of ether oxygens (including phenoxy) is 5. The fourth-order valence-corrected chi connectivity index (χ4v) is 9.53. The van der Waals surface area contributed by atoms with Crippen molar-refractivity contribution in [3.63, 3.8) is 0 Å². The van der Waals surface area contributed by atoms with Crippen molar-refractivity contribution < 1.29 is 158 Å². The monoisotopic (exact) mass is 1800 g/mol. The number of anilines is 4. The van der Waals surface area contributed by atoms with Crippen LogP contribution in [0.1, 0.15) is 88.6 Å². The second-order valence-electron chi connectivity index (χ2n) is 20.5. The average Bonchev–Trinajstić information content (AvgIpc) is 1.72. The summed E-state index contributed by atoms with van der Waals surface area (Å²) in [5.74, 6) is -2.78. The van der Waals surface area contributed by atoms with Crippen LogP contribution < -0.4 is 71.8 Å². The molecule has 0 radical (unpaired) electrons. The van der Waals surface area contributed by atoms with Gasteiger partial charge in [0.05, 0.1) is 97.5 Å².